The van der Waals surface area contributed by atoms with E-state index in [0.29, 0.717) is 19.8 Å². The molecule has 2 N–H and O–H groups in total. The Kier molecular flexibility index (Phi) is 5.47. The van der Waals surface area contributed by atoms with Crippen LogP contribution in [0.15, 0.2) is 0 Å². The Balaban J connectivity index is 2.08. The number of alkyl halides is 3. The van der Waals surface area contributed by atoms with Crippen molar-refractivity contribution >= 4 is 0 Å². The van der Waals surface area contributed by atoms with Gasteiger partial charge >= 0.3 is 6.18 Å². The Morgan fingerprint density at radius 3 is 2.50 bits per heavy atom. The van der Waals surface area contributed by atoms with Gasteiger partial charge in [0.25, 0.3) is 0 Å². The van der Waals surface area contributed by atoms with Crippen LogP contribution in [0.25, 0.3) is 0 Å². The van der Waals surface area contributed by atoms with Crippen molar-refractivity contribution in [3.05, 3.63) is 0 Å². The van der Waals surface area contributed by atoms with Gasteiger partial charge in [0.2, 0.25) is 0 Å². The standard InChI is InChI=1S/C9H17F3N2O2/c10-9(11,12)7-13-5-8(15)6-14-1-3-16-4-2-14/h8,13,15H,1-7H2. The van der Waals surface area contributed by atoms with Gasteiger partial charge < -0.3 is 15.2 Å². The molecular formula is C9H17F3N2O2. The zero-order valence-electron chi connectivity index (χ0n) is 8.96. The van der Waals surface area contributed by atoms with Crippen LogP contribution in [0.5, 0.6) is 0 Å². The molecule has 1 heterocycles. The minimum atomic E-state index is -4.22. The van der Waals surface area contributed by atoms with Crippen molar-refractivity contribution in [2.24, 2.45) is 0 Å². The Bertz CT molecular complexity index is 196. The average Bonchev–Trinajstić information content (AvgIpc) is 2.17. The summed E-state index contributed by atoms with van der Waals surface area (Å²) in [4.78, 5) is 1.98. The molecule has 1 fully saturated rings. The molecule has 0 saturated carbocycles. The fourth-order valence-corrected chi connectivity index (χ4v) is 1.53. The highest BCUT2D eigenvalue weighted by Crippen LogP contribution is 2.12. The Hall–Kier alpha value is -0.370. The lowest BCUT2D eigenvalue weighted by atomic mass is 10.3. The molecule has 16 heavy (non-hydrogen) atoms. The summed E-state index contributed by atoms with van der Waals surface area (Å²) in [5.41, 5.74) is 0. The largest absolute Gasteiger partial charge is 0.401 e. The first kappa shape index (κ1) is 13.7. The van der Waals surface area contributed by atoms with Gasteiger partial charge in [0.15, 0.2) is 0 Å². The monoisotopic (exact) mass is 242 g/mol. The average molecular weight is 242 g/mol. The Morgan fingerprint density at radius 1 is 1.31 bits per heavy atom. The van der Waals surface area contributed by atoms with Crippen molar-refractivity contribution < 1.29 is 23.0 Å². The van der Waals surface area contributed by atoms with Gasteiger partial charge in [0.1, 0.15) is 0 Å². The number of rotatable bonds is 5. The van der Waals surface area contributed by atoms with E-state index in [1.165, 1.54) is 0 Å². The second kappa shape index (κ2) is 6.39. The molecule has 0 radical (unpaired) electrons. The number of hydrogen-bond donors (Lipinski definition) is 2. The van der Waals surface area contributed by atoms with Crippen molar-refractivity contribution in [1.29, 1.82) is 0 Å². The van der Waals surface area contributed by atoms with Crippen LogP contribution in [0.3, 0.4) is 0 Å². The highest BCUT2D eigenvalue weighted by atomic mass is 19.4. The highest BCUT2D eigenvalue weighted by Gasteiger charge is 2.26. The van der Waals surface area contributed by atoms with E-state index in [1.807, 2.05) is 4.90 Å². The lowest BCUT2D eigenvalue weighted by molar-refractivity contribution is -0.125. The molecule has 0 aliphatic carbocycles. The molecule has 0 spiro atoms. The molecule has 1 aliphatic rings. The second-order valence-electron chi connectivity index (χ2n) is 3.81. The van der Waals surface area contributed by atoms with E-state index in [0.717, 1.165) is 13.1 Å². The number of aliphatic hydroxyl groups is 1. The second-order valence-corrected chi connectivity index (χ2v) is 3.81. The molecule has 1 atom stereocenters. The maximum Gasteiger partial charge on any atom is 0.401 e. The summed E-state index contributed by atoms with van der Waals surface area (Å²) in [6, 6.07) is 0. The van der Waals surface area contributed by atoms with Crippen molar-refractivity contribution in [1.82, 2.24) is 10.2 Å². The van der Waals surface area contributed by atoms with Crippen LogP contribution in [-0.4, -0.2) is 68.2 Å². The summed E-state index contributed by atoms with van der Waals surface area (Å²) in [6.07, 6.45) is -5.00. The van der Waals surface area contributed by atoms with Crippen molar-refractivity contribution in [2.75, 3.05) is 45.9 Å². The summed E-state index contributed by atoms with van der Waals surface area (Å²) >= 11 is 0. The molecule has 1 saturated heterocycles. The van der Waals surface area contributed by atoms with Gasteiger partial charge in [0.05, 0.1) is 25.9 Å². The van der Waals surface area contributed by atoms with E-state index < -0.39 is 18.8 Å². The van der Waals surface area contributed by atoms with Crippen LogP contribution in [0.2, 0.25) is 0 Å². The summed E-state index contributed by atoms with van der Waals surface area (Å²) in [7, 11) is 0. The lowest BCUT2D eigenvalue weighted by Crippen LogP contribution is -2.44. The third kappa shape index (κ3) is 6.26. The van der Waals surface area contributed by atoms with E-state index >= 15 is 0 Å². The van der Waals surface area contributed by atoms with Gasteiger partial charge in [-0.05, 0) is 0 Å². The number of nitrogens with zero attached hydrogens (tertiary/aromatic N) is 1. The van der Waals surface area contributed by atoms with E-state index in [-0.39, 0.29) is 6.54 Å². The number of halogens is 3. The lowest BCUT2D eigenvalue weighted by Gasteiger charge is -2.28. The quantitative estimate of drug-likeness (QED) is 0.702. The first-order valence-corrected chi connectivity index (χ1v) is 5.23. The molecule has 7 heteroatoms. The molecule has 0 bridgehead atoms. The summed E-state index contributed by atoms with van der Waals surface area (Å²) in [5, 5.41) is 11.7. The van der Waals surface area contributed by atoms with Gasteiger partial charge in [-0.15, -0.1) is 0 Å². The number of ether oxygens (including phenoxy) is 1. The van der Waals surface area contributed by atoms with E-state index in [9.17, 15) is 18.3 Å². The van der Waals surface area contributed by atoms with E-state index in [1.54, 1.807) is 0 Å². The Labute approximate surface area is 92.4 Å². The maximum atomic E-state index is 11.8. The number of aliphatic hydroxyl groups excluding tert-OH is 1. The van der Waals surface area contributed by atoms with E-state index in [2.05, 4.69) is 5.32 Å². The number of nitrogens with one attached hydrogen (secondary N) is 1. The topological polar surface area (TPSA) is 44.7 Å². The molecule has 0 aromatic heterocycles. The van der Waals surface area contributed by atoms with Gasteiger partial charge in [-0.2, -0.15) is 13.2 Å². The number of morpholine rings is 1. The Morgan fingerprint density at radius 2 is 1.94 bits per heavy atom. The molecule has 96 valence electrons. The number of hydrogen-bond acceptors (Lipinski definition) is 4. The first-order chi connectivity index (χ1) is 7.47. The van der Waals surface area contributed by atoms with Gasteiger partial charge in [-0.3, -0.25) is 4.90 Å². The summed E-state index contributed by atoms with van der Waals surface area (Å²) in [6.45, 7) is 1.94. The molecule has 1 rings (SSSR count). The van der Waals surface area contributed by atoms with Crippen molar-refractivity contribution in [3.63, 3.8) is 0 Å². The molecule has 4 nitrogen and oxygen atoms in total. The fourth-order valence-electron chi connectivity index (χ4n) is 1.53. The van der Waals surface area contributed by atoms with Gasteiger partial charge in [0, 0.05) is 26.2 Å². The molecule has 0 amide bonds. The summed E-state index contributed by atoms with van der Waals surface area (Å²) in [5.74, 6) is 0. The molecule has 1 aliphatic heterocycles. The molecular weight excluding hydrogens is 225 g/mol. The highest BCUT2D eigenvalue weighted by molar-refractivity contribution is 4.69. The minimum absolute atomic E-state index is 0.0448. The SMILES string of the molecule is OC(CNCC(F)(F)F)CN1CCOCC1. The minimum Gasteiger partial charge on any atom is -0.390 e. The third-order valence-electron chi connectivity index (χ3n) is 2.28. The normalized spacial score (nSPS) is 21.0. The predicted molar refractivity (Wildman–Crippen MR) is 52.2 cm³/mol. The van der Waals surface area contributed by atoms with Crippen molar-refractivity contribution in [2.45, 2.75) is 12.3 Å². The predicted octanol–water partition coefficient (Wildman–Crippen LogP) is -0.169. The van der Waals surface area contributed by atoms with Gasteiger partial charge in [-0.25, -0.2) is 0 Å². The van der Waals surface area contributed by atoms with Crippen molar-refractivity contribution in [3.8, 4) is 0 Å². The molecule has 0 aromatic rings. The van der Waals surface area contributed by atoms with Gasteiger partial charge in [-0.1, -0.05) is 0 Å². The molecule has 1 unspecified atom stereocenters. The smallest absolute Gasteiger partial charge is 0.390 e. The maximum absolute atomic E-state index is 11.8. The van der Waals surface area contributed by atoms with Crippen LogP contribution in [0, 0.1) is 0 Å². The first-order valence-electron chi connectivity index (χ1n) is 5.23. The zero-order valence-corrected chi connectivity index (χ0v) is 8.96. The third-order valence-corrected chi connectivity index (χ3v) is 2.28. The fraction of sp³-hybridized carbons (Fsp3) is 1.00. The molecule has 0 aromatic carbocycles. The zero-order chi connectivity index (χ0) is 12.0. The summed E-state index contributed by atoms with van der Waals surface area (Å²) < 4.78 is 40.5. The number of β-amino-alcohol motifs (C(OH)–C–C–N with tert-alkyl or cyclic N) is 1. The van der Waals surface area contributed by atoms with Crippen LogP contribution in [0.1, 0.15) is 0 Å². The van der Waals surface area contributed by atoms with E-state index in [4.69, 9.17) is 4.74 Å². The van der Waals surface area contributed by atoms with Crippen LogP contribution in [0.4, 0.5) is 13.2 Å². The van der Waals surface area contributed by atoms with Crippen LogP contribution in [-0.2, 0) is 4.74 Å². The van der Waals surface area contributed by atoms with Crippen LogP contribution >= 0.6 is 0 Å². The van der Waals surface area contributed by atoms with Crippen LogP contribution < -0.4 is 5.32 Å².